The molecule has 1 aliphatic heterocycles. The molecule has 0 radical (unpaired) electrons. The molecule has 0 atom stereocenters. The van der Waals surface area contributed by atoms with Crippen molar-refractivity contribution < 1.29 is 22.7 Å². The van der Waals surface area contributed by atoms with E-state index in [2.05, 4.69) is 15.3 Å². The zero-order valence-electron chi connectivity index (χ0n) is 14.5. The second-order valence-corrected chi connectivity index (χ2v) is 6.40. The van der Waals surface area contributed by atoms with E-state index in [4.69, 9.17) is 10.5 Å². The molecule has 6 nitrogen and oxygen atoms in total. The van der Waals surface area contributed by atoms with Crippen LogP contribution < -0.4 is 11.1 Å². The van der Waals surface area contributed by atoms with E-state index in [1.54, 1.807) is 18.2 Å². The topological polar surface area (TPSA) is 90.1 Å². The SMILES string of the molecule is Nc1nc2ccc(C(=O)NCc3ccc(C(F)(F)F)cn3)cc2c2c1COC2. The minimum atomic E-state index is -4.44. The molecule has 1 aromatic carbocycles. The number of benzene rings is 1. The van der Waals surface area contributed by atoms with Crippen LogP contribution in [-0.4, -0.2) is 15.9 Å². The van der Waals surface area contributed by atoms with E-state index in [0.29, 0.717) is 35.8 Å². The van der Waals surface area contributed by atoms with Gasteiger partial charge in [-0.25, -0.2) is 4.98 Å². The monoisotopic (exact) mass is 388 g/mol. The third-order valence-electron chi connectivity index (χ3n) is 4.57. The first-order valence-corrected chi connectivity index (χ1v) is 8.42. The van der Waals surface area contributed by atoms with Crippen LogP contribution in [0, 0.1) is 0 Å². The summed E-state index contributed by atoms with van der Waals surface area (Å²) in [6.07, 6.45) is -3.70. The van der Waals surface area contributed by atoms with Crippen LogP contribution in [0.1, 0.15) is 32.7 Å². The number of alkyl halides is 3. The molecule has 0 aliphatic carbocycles. The van der Waals surface area contributed by atoms with Gasteiger partial charge in [-0.3, -0.25) is 9.78 Å². The number of nitrogens with two attached hydrogens (primary N) is 1. The van der Waals surface area contributed by atoms with Crippen LogP contribution in [0.25, 0.3) is 10.9 Å². The first-order chi connectivity index (χ1) is 13.3. The summed E-state index contributed by atoms with van der Waals surface area (Å²) >= 11 is 0. The average Bonchev–Trinajstić information content (AvgIpc) is 3.16. The van der Waals surface area contributed by atoms with Crippen molar-refractivity contribution in [2.75, 3.05) is 5.73 Å². The van der Waals surface area contributed by atoms with E-state index in [0.717, 1.165) is 28.8 Å². The van der Waals surface area contributed by atoms with E-state index in [1.165, 1.54) is 6.07 Å². The number of aromatic nitrogens is 2. The average molecular weight is 388 g/mol. The molecule has 0 saturated heterocycles. The third-order valence-corrected chi connectivity index (χ3v) is 4.57. The Morgan fingerprint density at radius 3 is 2.68 bits per heavy atom. The van der Waals surface area contributed by atoms with E-state index >= 15 is 0 Å². The summed E-state index contributed by atoms with van der Waals surface area (Å²) in [5.41, 5.74) is 8.25. The predicted octanol–water partition coefficient (Wildman–Crippen LogP) is 3.19. The number of pyridine rings is 2. The van der Waals surface area contributed by atoms with Crippen LogP contribution in [-0.2, 0) is 30.7 Å². The van der Waals surface area contributed by atoms with Crippen molar-refractivity contribution >= 4 is 22.6 Å². The standard InChI is InChI=1S/C19H15F3N4O2/c20-19(21,22)11-2-3-12(24-6-11)7-25-18(27)10-1-4-16-13(5-10)14-8-28-9-15(14)17(23)26-16/h1-6H,7-9H2,(H2,23,26)(H,25,27). The zero-order chi connectivity index (χ0) is 19.9. The number of hydrogen-bond donors (Lipinski definition) is 2. The van der Waals surface area contributed by atoms with Crippen LogP contribution in [0.2, 0.25) is 0 Å². The van der Waals surface area contributed by atoms with Gasteiger partial charge in [-0.1, -0.05) is 0 Å². The number of halogens is 3. The summed E-state index contributed by atoms with van der Waals surface area (Å²) in [5, 5.41) is 3.45. The summed E-state index contributed by atoms with van der Waals surface area (Å²) in [6, 6.07) is 7.21. The number of fused-ring (bicyclic) bond motifs is 3. The highest BCUT2D eigenvalue weighted by molar-refractivity contribution is 5.99. The molecule has 28 heavy (non-hydrogen) atoms. The van der Waals surface area contributed by atoms with Gasteiger partial charge in [0.25, 0.3) is 5.91 Å². The van der Waals surface area contributed by atoms with Crippen molar-refractivity contribution in [2.45, 2.75) is 25.9 Å². The molecule has 0 saturated carbocycles. The van der Waals surface area contributed by atoms with E-state index in [9.17, 15) is 18.0 Å². The van der Waals surface area contributed by atoms with Crippen molar-refractivity contribution in [3.05, 3.63) is 64.5 Å². The Labute approximate surface area is 157 Å². The third kappa shape index (κ3) is 3.36. The van der Waals surface area contributed by atoms with Crippen molar-refractivity contribution in [3.8, 4) is 0 Å². The van der Waals surface area contributed by atoms with Crippen molar-refractivity contribution in [2.24, 2.45) is 0 Å². The minimum absolute atomic E-state index is 0.0101. The van der Waals surface area contributed by atoms with Crippen molar-refractivity contribution in [1.29, 1.82) is 0 Å². The van der Waals surface area contributed by atoms with Gasteiger partial charge in [0.1, 0.15) is 5.82 Å². The molecule has 144 valence electrons. The Morgan fingerprint density at radius 1 is 1.18 bits per heavy atom. The van der Waals surface area contributed by atoms with E-state index < -0.39 is 11.7 Å². The number of nitrogens with zero attached hydrogens (tertiary/aromatic N) is 2. The zero-order valence-corrected chi connectivity index (χ0v) is 14.5. The molecule has 0 fully saturated rings. The fourth-order valence-corrected chi connectivity index (χ4v) is 3.08. The Balaban J connectivity index is 1.52. The molecular weight excluding hydrogens is 373 g/mol. The minimum Gasteiger partial charge on any atom is -0.383 e. The lowest BCUT2D eigenvalue weighted by Gasteiger charge is -2.10. The van der Waals surface area contributed by atoms with Gasteiger partial charge < -0.3 is 15.8 Å². The molecule has 3 heterocycles. The summed E-state index contributed by atoms with van der Waals surface area (Å²) in [4.78, 5) is 20.5. The molecule has 9 heteroatoms. The Morgan fingerprint density at radius 2 is 1.96 bits per heavy atom. The number of carbonyl (C=O) groups is 1. The summed E-state index contributed by atoms with van der Waals surface area (Å²) in [7, 11) is 0. The summed E-state index contributed by atoms with van der Waals surface area (Å²) in [6.45, 7) is 0.801. The molecule has 1 aliphatic rings. The van der Waals surface area contributed by atoms with Crippen LogP contribution >= 0.6 is 0 Å². The smallest absolute Gasteiger partial charge is 0.383 e. The highest BCUT2D eigenvalue weighted by Gasteiger charge is 2.30. The number of carbonyl (C=O) groups excluding carboxylic acids is 1. The largest absolute Gasteiger partial charge is 0.417 e. The van der Waals surface area contributed by atoms with Crippen LogP contribution in [0.4, 0.5) is 19.0 Å². The Kier molecular flexibility index (Phi) is 4.38. The number of nitrogen functional groups attached to an aromatic ring is 1. The quantitative estimate of drug-likeness (QED) is 0.719. The molecule has 1 amide bonds. The van der Waals surface area contributed by atoms with Gasteiger partial charge in [-0.2, -0.15) is 13.2 Å². The maximum absolute atomic E-state index is 12.6. The molecule has 0 spiro atoms. The van der Waals surface area contributed by atoms with E-state index in [1.807, 2.05) is 0 Å². The molecule has 0 unspecified atom stereocenters. The predicted molar refractivity (Wildman–Crippen MR) is 95.1 cm³/mol. The Bertz CT molecular complexity index is 1070. The van der Waals surface area contributed by atoms with Gasteiger partial charge in [-0.05, 0) is 35.9 Å². The fraction of sp³-hybridized carbons (Fsp3) is 0.211. The van der Waals surface area contributed by atoms with Gasteiger partial charge in [0.2, 0.25) is 0 Å². The lowest BCUT2D eigenvalue weighted by atomic mass is 10.0. The molecular formula is C19H15F3N4O2. The molecule has 0 bridgehead atoms. The Hall–Kier alpha value is -3.20. The summed E-state index contributed by atoms with van der Waals surface area (Å²) < 4.78 is 43.1. The van der Waals surface area contributed by atoms with Gasteiger partial charge in [-0.15, -0.1) is 0 Å². The lowest BCUT2D eigenvalue weighted by molar-refractivity contribution is -0.137. The van der Waals surface area contributed by atoms with Crippen molar-refractivity contribution in [1.82, 2.24) is 15.3 Å². The molecule has 3 N–H and O–H groups in total. The van der Waals surface area contributed by atoms with Crippen LogP contribution in [0.3, 0.4) is 0 Å². The van der Waals surface area contributed by atoms with Crippen LogP contribution in [0.5, 0.6) is 0 Å². The first kappa shape index (κ1) is 18.2. The highest BCUT2D eigenvalue weighted by Crippen LogP contribution is 2.31. The number of hydrogen-bond acceptors (Lipinski definition) is 5. The van der Waals surface area contributed by atoms with E-state index in [-0.39, 0.29) is 12.5 Å². The number of rotatable bonds is 3. The number of ether oxygens (including phenoxy) is 1. The maximum atomic E-state index is 12.6. The number of nitrogens with one attached hydrogen (secondary N) is 1. The molecule has 4 rings (SSSR count). The second-order valence-electron chi connectivity index (χ2n) is 6.40. The van der Waals surface area contributed by atoms with Gasteiger partial charge in [0.05, 0.1) is 36.5 Å². The highest BCUT2D eigenvalue weighted by atomic mass is 19.4. The van der Waals surface area contributed by atoms with Crippen LogP contribution in [0.15, 0.2) is 36.5 Å². The normalized spacial score (nSPS) is 13.5. The number of amides is 1. The fourth-order valence-electron chi connectivity index (χ4n) is 3.08. The lowest BCUT2D eigenvalue weighted by Crippen LogP contribution is -2.23. The van der Waals surface area contributed by atoms with Crippen molar-refractivity contribution in [3.63, 3.8) is 0 Å². The molecule has 2 aromatic heterocycles. The maximum Gasteiger partial charge on any atom is 0.417 e. The van der Waals surface area contributed by atoms with Gasteiger partial charge in [0.15, 0.2) is 0 Å². The summed E-state index contributed by atoms with van der Waals surface area (Å²) in [5.74, 6) is 0.0543. The first-order valence-electron chi connectivity index (χ1n) is 8.42. The molecule has 3 aromatic rings. The van der Waals surface area contributed by atoms with Gasteiger partial charge in [0, 0.05) is 22.7 Å². The second kappa shape index (κ2) is 6.75. The van der Waals surface area contributed by atoms with Gasteiger partial charge >= 0.3 is 6.18 Å². The number of anilines is 1.